The molecule has 1 saturated carbocycles. The molecule has 1 heterocycles. The second kappa shape index (κ2) is 10.9. The van der Waals surface area contributed by atoms with Crippen LogP contribution in [-0.2, 0) is 25.4 Å². The maximum absolute atomic E-state index is 12.9. The molecule has 1 aromatic rings. The highest BCUT2D eigenvalue weighted by Crippen LogP contribution is 2.35. The lowest BCUT2D eigenvalue weighted by Gasteiger charge is -2.39. The van der Waals surface area contributed by atoms with E-state index < -0.39 is 35.0 Å². The fourth-order valence-electron chi connectivity index (χ4n) is 4.51. The monoisotopic (exact) mass is 517 g/mol. The highest BCUT2D eigenvalue weighted by Gasteiger charge is 2.47. The van der Waals surface area contributed by atoms with Crippen LogP contribution in [0.1, 0.15) is 78.9 Å². The van der Waals surface area contributed by atoms with Crippen LogP contribution in [0, 0.1) is 11.3 Å². The number of ether oxygens (including phenoxy) is 4. The van der Waals surface area contributed by atoms with E-state index >= 15 is 0 Å². The van der Waals surface area contributed by atoms with Gasteiger partial charge in [0.15, 0.2) is 5.60 Å². The first kappa shape index (κ1) is 28.8. The van der Waals surface area contributed by atoms with Crippen LogP contribution in [0.2, 0.25) is 0 Å². The summed E-state index contributed by atoms with van der Waals surface area (Å²) in [5.41, 5.74) is -0.572. The predicted octanol–water partition coefficient (Wildman–Crippen LogP) is 4.35. The summed E-state index contributed by atoms with van der Waals surface area (Å²) in [6.07, 6.45) is 2.18. The molecule has 9 nitrogen and oxygen atoms in total. The third-order valence-electron chi connectivity index (χ3n) is 6.66. The summed E-state index contributed by atoms with van der Waals surface area (Å²) in [7, 11) is 1.50. The van der Waals surface area contributed by atoms with Crippen LogP contribution < -0.4 is 15.4 Å². The number of hydrogen-bond acceptors (Lipinski definition) is 7. The molecule has 2 aliphatic rings. The number of hydrogen-bond donors (Lipinski definition) is 3. The lowest BCUT2D eigenvalue weighted by Crippen LogP contribution is -2.54. The number of alkyl carbamates (subject to hydrolysis) is 1. The van der Waals surface area contributed by atoms with Gasteiger partial charge in [-0.3, -0.25) is 5.41 Å². The molecule has 0 aromatic heterocycles. The number of rotatable bonds is 7. The van der Waals surface area contributed by atoms with Crippen molar-refractivity contribution < 1.29 is 28.5 Å². The average Bonchev–Trinajstić information content (AvgIpc) is 2.76. The van der Waals surface area contributed by atoms with Crippen molar-refractivity contribution >= 4 is 17.9 Å². The number of carbonyl (C=O) groups is 2. The van der Waals surface area contributed by atoms with E-state index in [0.29, 0.717) is 36.9 Å². The highest BCUT2D eigenvalue weighted by atomic mass is 16.6. The number of aryl methyl sites for hydroxylation is 1. The SMILES string of the molecule is CO[C@](C)(C(=O)OC(C)(C)C)[C@H]1CCc2cc(C(=N)N[C@H]3C[C@@H](CNC(=O)OC(C)(C)C)C3)ccc2O1. The predicted molar refractivity (Wildman–Crippen MR) is 141 cm³/mol. The molecule has 1 aliphatic carbocycles. The van der Waals surface area contributed by atoms with E-state index in [2.05, 4.69) is 10.6 Å². The minimum Gasteiger partial charge on any atom is -0.486 e. The zero-order chi connectivity index (χ0) is 27.6. The lowest BCUT2D eigenvalue weighted by atomic mass is 9.80. The molecule has 3 N–H and O–H groups in total. The second-order valence-corrected chi connectivity index (χ2v) is 12.2. The molecule has 0 bridgehead atoms. The maximum Gasteiger partial charge on any atom is 0.407 e. The Morgan fingerprint density at radius 2 is 1.70 bits per heavy atom. The smallest absolute Gasteiger partial charge is 0.407 e. The van der Waals surface area contributed by atoms with Crippen molar-refractivity contribution in [2.45, 2.75) is 103 Å². The second-order valence-electron chi connectivity index (χ2n) is 12.2. The molecule has 1 aromatic carbocycles. The molecule has 0 radical (unpaired) electrons. The number of carbonyl (C=O) groups excluding carboxylic acids is 2. The number of nitrogens with one attached hydrogen (secondary N) is 3. The van der Waals surface area contributed by atoms with Gasteiger partial charge >= 0.3 is 12.1 Å². The molecule has 0 spiro atoms. The van der Waals surface area contributed by atoms with Crippen molar-refractivity contribution in [1.82, 2.24) is 10.6 Å². The van der Waals surface area contributed by atoms with Crippen molar-refractivity contribution in [2.75, 3.05) is 13.7 Å². The third-order valence-corrected chi connectivity index (χ3v) is 6.66. The summed E-state index contributed by atoms with van der Waals surface area (Å²) >= 11 is 0. The van der Waals surface area contributed by atoms with Gasteiger partial charge in [0.25, 0.3) is 0 Å². The minimum atomic E-state index is -1.23. The Morgan fingerprint density at radius 1 is 1.05 bits per heavy atom. The van der Waals surface area contributed by atoms with Crippen LogP contribution in [0.25, 0.3) is 0 Å². The van der Waals surface area contributed by atoms with Crippen molar-refractivity contribution in [3.8, 4) is 5.75 Å². The number of esters is 1. The van der Waals surface area contributed by atoms with Gasteiger partial charge in [0.1, 0.15) is 28.9 Å². The maximum atomic E-state index is 12.9. The van der Waals surface area contributed by atoms with E-state index in [1.807, 2.05) is 59.7 Å². The van der Waals surface area contributed by atoms with Crippen molar-refractivity contribution in [3.05, 3.63) is 29.3 Å². The number of fused-ring (bicyclic) bond motifs is 1. The van der Waals surface area contributed by atoms with E-state index in [-0.39, 0.29) is 6.04 Å². The van der Waals surface area contributed by atoms with Crippen molar-refractivity contribution in [2.24, 2.45) is 5.92 Å². The first-order valence-corrected chi connectivity index (χ1v) is 13.0. The Balaban J connectivity index is 1.52. The standard InChI is InChI=1S/C28H43N3O6/c1-26(2,3)36-24(32)28(7,34-8)22-12-10-18-15-19(9-11-21(18)35-22)23(29)31-20-13-17(14-20)16-30-25(33)37-27(4,5)6/h9,11,15,17,20,22H,10,12-14,16H2,1-8H3,(H2,29,31)(H,30,33)/t17-,20+,22-,28+/m1/s1. The zero-order valence-corrected chi connectivity index (χ0v) is 23.4. The topological polar surface area (TPSA) is 119 Å². The summed E-state index contributed by atoms with van der Waals surface area (Å²) in [4.78, 5) is 24.7. The van der Waals surface area contributed by atoms with Gasteiger partial charge in [-0.25, -0.2) is 9.59 Å². The Kier molecular flexibility index (Phi) is 8.47. The van der Waals surface area contributed by atoms with E-state index in [1.54, 1.807) is 6.92 Å². The molecule has 37 heavy (non-hydrogen) atoms. The van der Waals surface area contributed by atoms with Crippen LogP contribution >= 0.6 is 0 Å². The Labute approximate surface area is 220 Å². The van der Waals surface area contributed by atoms with Crippen LogP contribution in [0.4, 0.5) is 4.79 Å². The third kappa shape index (κ3) is 7.60. The van der Waals surface area contributed by atoms with E-state index in [0.717, 1.165) is 24.0 Å². The van der Waals surface area contributed by atoms with E-state index in [9.17, 15) is 9.59 Å². The number of amides is 1. The molecule has 1 amide bonds. The first-order valence-electron chi connectivity index (χ1n) is 13.0. The summed E-state index contributed by atoms with van der Waals surface area (Å²) < 4.78 is 22.7. The lowest BCUT2D eigenvalue weighted by molar-refractivity contribution is -0.190. The highest BCUT2D eigenvalue weighted by molar-refractivity contribution is 5.97. The van der Waals surface area contributed by atoms with Gasteiger partial charge in [-0.2, -0.15) is 0 Å². The van der Waals surface area contributed by atoms with Gasteiger partial charge in [0.05, 0.1) is 0 Å². The summed E-state index contributed by atoms with van der Waals surface area (Å²) in [6, 6.07) is 5.88. The first-order chi connectivity index (χ1) is 17.1. The summed E-state index contributed by atoms with van der Waals surface area (Å²) in [6.45, 7) is 13.3. The van der Waals surface area contributed by atoms with Gasteiger partial charge in [-0.1, -0.05) is 0 Å². The Bertz CT molecular complexity index is 1010. The van der Waals surface area contributed by atoms with E-state index in [1.165, 1.54) is 7.11 Å². The molecule has 2 atom stereocenters. The molecule has 0 unspecified atom stereocenters. The average molecular weight is 518 g/mol. The molecular weight excluding hydrogens is 474 g/mol. The van der Waals surface area contributed by atoms with Gasteiger partial charge < -0.3 is 29.6 Å². The van der Waals surface area contributed by atoms with E-state index in [4.69, 9.17) is 24.4 Å². The van der Waals surface area contributed by atoms with Crippen LogP contribution in [0.15, 0.2) is 18.2 Å². The molecular formula is C28H43N3O6. The van der Waals surface area contributed by atoms with Crippen LogP contribution in [-0.4, -0.2) is 60.5 Å². The molecule has 0 saturated heterocycles. The Hall–Kier alpha value is -2.81. The number of benzene rings is 1. The van der Waals surface area contributed by atoms with Crippen LogP contribution in [0.5, 0.6) is 5.75 Å². The Morgan fingerprint density at radius 3 is 2.30 bits per heavy atom. The molecule has 1 fully saturated rings. The minimum absolute atomic E-state index is 0.200. The number of amidine groups is 1. The quantitative estimate of drug-likeness (QED) is 0.280. The molecule has 3 rings (SSSR count). The summed E-state index contributed by atoms with van der Waals surface area (Å²) in [5, 5.41) is 14.6. The van der Waals surface area contributed by atoms with Gasteiger partial charge in [-0.15, -0.1) is 0 Å². The van der Waals surface area contributed by atoms with Gasteiger partial charge in [0.2, 0.25) is 0 Å². The van der Waals surface area contributed by atoms with Crippen molar-refractivity contribution in [3.63, 3.8) is 0 Å². The summed E-state index contributed by atoms with van der Waals surface area (Å²) in [5.74, 6) is 0.978. The molecule has 206 valence electrons. The number of methoxy groups -OCH3 is 1. The van der Waals surface area contributed by atoms with Crippen LogP contribution in [0.3, 0.4) is 0 Å². The molecule has 9 heteroatoms. The van der Waals surface area contributed by atoms with Gasteiger partial charge in [-0.05, 0) is 104 Å². The fraction of sp³-hybridized carbons (Fsp3) is 0.679. The van der Waals surface area contributed by atoms with Gasteiger partial charge in [0, 0.05) is 25.3 Å². The van der Waals surface area contributed by atoms with Crippen molar-refractivity contribution in [1.29, 1.82) is 5.41 Å². The zero-order valence-electron chi connectivity index (χ0n) is 23.4. The molecule has 1 aliphatic heterocycles. The largest absolute Gasteiger partial charge is 0.486 e. The fourth-order valence-corrected chi connectivity index (χ4v) is 4.51. The normalized spacial score (nSPS) is 22.9.